The summed E-state index contributed by atoms with van der Waals surface area (Å²) in [6, 6.07) is 5.13. The largest absolute Gasteiger partial charge is 0.379 e. The highest BCUT2D eigenvalue weighted by Gasteiger charge is 2.08. The lowest BCUT2D eigenvalue weighted by Crippen LogP contribution is -2.39. The van der Waals surface area contributed by atoms with Gasteiger partial charge in [-0.25, -0.2) is 9.38 Å². The fourth-order valence-electron chi connectivity index (χ4n) is 2.31. The predicted octanol–water partition coefficient (Wildman–Crippen LogP) is 1.26. The smallest absolute Gasteiger partial charge is 0.188 e. The van der Waals surface area contributed by atoms with E-state index in [0.29, 0.717) is 18.1 Å². The molecule has 1 aromatic rings. The lowest BCUT2D eigenvalue weighted by Gasteiger charge is -2.26. The van der Waals surface area contributed by atoms with Gasteiger partial charge in [0.2, 0.25) is 0 Å². The van der Waals surface area contributed by atoms with E-state index in [0.717, 1.165) is 51.4 Å². The first-order chi connectivity index (χ1) is 10.6. The third kappa shape index (κ3) is 5.61. The maximum atomic E-state index is 13.4. The number of nitrogens with one attached hydrogen (secondary N) is 1. The van der Waals surface area contributed by atoms with E-state index >= 15 is 0 Å². The second-order valence-electron chi connectivity index (χ2n) is 5.52. The number of nitrogens with zero attached hydrogens (tertiary/aromatic N) is 2. The molecule has 0 unspecified atom stereocenters. The van der Waals surface area contributed by atoms with Crippen LogP contribution in [0.2, 0.25) is 0 Å². The molecule has 1 fully saturated rings. The molecule has 1 aromatic carbocycles. The Bertz CT molecular complexity index is 501. The molecular formula is C16H25FN4O. The predicted molar refractivity (Wildman–Crippen MR) is 86.3 cm³/mol. The summed E-state index contributed by atoms with van der Waals surface area (Å²) >= 11 is 0. The number of halogens is 1. The summed E-state index contributed by atoms with van der Waals surface area (Å²) in [7, 11) is 0. The average molecular weight is 308 g/mol. The SMILES string of the molecule is Cc1ccc(CN=C(N)NCCCN2CCOCC2)cc1F. The minimum Gasteiger partial charge on any atom is -0.379 e. The van der Waals surface area contributed by atoms with Crippen molar-refractivity contribution >= 4 is 5.96 Å². The molecule has 0 atom stereocenters. The molecule has 22 heavy (non-hydrogen) atoms. The van der Waals surface area contributed by atoms with Crippen LogP contribution in [0.5, 0.6) is 0 Å². The van der Waals surface area contributed by atoms with Crippen molar-refractivity contribution in [2.75, 3.05) is 39.4 Å². The molecule has 0 saturated carbocycles. The number of morpholine rings is 1. The highest BCUT2D eigenvalue weighted by atomic mass is 19.1. The molecule has 5 nitrogen and oxygen atoms in total. The number of benzene rings is 1. The minimum atomic E-state index is -0.204. The van der Waals surface area contributed by atoms with Crippen LogP contribution >= 0.6 is 0 Å². The molecule has 0 spiro atoms. The van der Waals surface area contributed by atoms with Crippen LogP contribution in [0.15, 0.2) is 23.2 Å². The zero-order valence-corrected chi connectivity index (χ0v) is 13.1. The van der Waals surface area contributed by atoms with Crippen LogP contribution in [0.4, 0.5) is 4.39 Å². The quantitative estimate of drug-likeness (QED) is 0.472. The molecule has 0 aliphatic carbocycles. The van der Waals surface area contributed by atoms with Crippen LogP contribution in [0.3, 0.4) is 0 Å². The molecule has 2 rings (SSSR count). The second kappa shape index (κ2) is 8.70. The molecule has 0 radical (unpaired) electrons. The maximum absolute atomic E-state index is 13.4. The molecule has 122 valence electrons. The highest BCUT2D eigenvalue weighted by Crippen LogP contribution is 2.09. The van der Waals surface area contributed by atoms with Gasteiger partial charge in [0, 0.05) is 19.6 Å². The Morgan fingerprint density at radius 1 is 1.41 bits per heavy atom. The summed E-state index contributed by atoms with van der Waals surface area (Å²) in [5, 5.41) is 3.09. The average Bonchev–Trinajstić information content (AvgIpc) is 2.54. The third-order valence-corrected chi connectivity index (χ3v) is 3.73. The van der Waals surface area contributed by atoms with Gasteiger partial charge in [0.1, 0.15) is 5.82 Å². The Morgan fingerprint density at radius 2 is 2.18 bits per heavy atom. The van der Waals surface area contributed by atoms with E-state index in [-0.39, 0.29) is 5.82 Å². The highest BCUT2D eigenvalue weighted by molar-refractivity contribution is 5.77. The van der Waals surface area contributed by atoms with Gasteiger partial charge in [-0.1, -0.05) is 12.1 Å². The minimum absolute atomic E-state index is 0.204. The Morgan fingerprint density at radius 3 is 2.91 bits per heavy atom. The summed E-state index contributed by atoms with van der Waals surface area (Å²) in [5.74, 6) is 0.202. The zero-order valence-electron chi connectivity index (χ0n) is 13.1. The monoisotopic (exact) mass is 308 g/mol. The van der Waals surface area contributed by atoms with Gasteiger partial charge >= 0.3 is 0 Å². The maximum Gasteiger partial charge on any atom is 0.188 e. The van der Waals surface area contributed by atoms with Crippen molar-refractivity contribution in [2.45, 2.75) is 19.9 Å². The summed E-state index contributed by atoms with van der Waals surface area (Å²) in [5.41, 5.74) is 7.28. The number of hydrogen-bond acceptors (Lipinski definition) is 3. The van der Waals surface area contributed by atoms with Crippen LogP contribution in [0, 0.1) is 12.7 Å². The first kappa shape index (κ1) is 16.7. The lowest BCUT2D eigenvalue weighted by molar-refractivity contribution is 0.0376. The van der Waals surface area contributed by atoms with Crippen molar-refractivity contribution < 1.29 is 9.13 Å². The van der Waals surface area contributed by atoms with Crippen LogP contribution in [-0.2, 0) is 11.3 Å². The van der Waals surface area contributed by atoms with Crippen LogP contribution in [0.25, 0.3) is 0 Å². The third-order valence-electron chi connectivity index (χ3n) is 3.73. The van der Waals surface area contributed by atoms with E-state index in [9.17, 15) is 4.39 Å². The molecule has 3 N–H and O–H groups in total. The van der Waals surface area contributed by atoms with Gasteiger partial charge in [-0.3, -0.25) is 4.90 Å². The van der Waals surface area contributed by atoms with Gasteiger partial charge in [-0.15, -0.1) is 0 Å². The van der Waals surface area contributed by atoms with Crippen LogP contribution < -0.4 is 11.1 Å². The second-order valence-corrected chi connectivity index (χ2v) is 5.52. The van der Waals surface area contributed by atoms with Gasteiger partial charge in [0.25, 0.3) is 0 Å². The Kier molecular flexibility index (Phi) is 6.61. The van der Waals surface area contributed by atoms with Crippen LogP contribution in [-0.4, -0.2) is 50.3 Å². The van der Waals surface area contributed by atoms with Gasteiger partial charge in [-0.05, 0) is 37.1 Å². The topological polar surface area (TPSA) is 62.9 Å². The Labute approximate surface area is 131 Å². The van der Waals surface area contributed by atoms with E-state index in [1.807, 2.05) is 6.07 Å². The summed E-state index contributed by atoms with van der Waals surface area (Å²) in [6.07, 6.45) is 1.01. The molecule has 1 aliphatic rings. The van der Waals surface area contributed by atoms with Gasteiger partial charge < -0.3 is 15.8 Å². The molecule has 0 aromatic heterocycles. The van der Waals surface area contributed by atoms with Crippen molar-refractivity contribution in [3.8, 4) is 0 Å². The molecule has 1 heterocycles. The first-order valence-electron chi connectivity index (χ1n) is 7.74. The van der Waals surface area contributed by atoms with E-state index < -0.39 is 0 Å². The van der Waals surface area contributed by atoms with Crippen molar-refractivity contribution in [1.82, 2.24) is 10.2 Å². The molecule has 1 saturated heterocycles. The van der Waals surface area contributed by atoms with E-state index in [2.05, 4.69) is 15.2 Å². The number of aliphatic imine (C=N–C) groups is 1. The molecule has 1 aliphatic heterocycles. The molecular weight excluding hydrogens is 283 g/mol. The van der Waals surface area contributed by atoms with Crippen molar-refractivity contribution in [3.05, 3.63) is 35.1 Å². The van der Waals surface area contributed by atoms with Crippen molar-refractivity contribution in [2.24, 2.45) is 10.7 Å². The standard InChI is InChI=1S/C16H25FN4O/c1-13-3-4-14(11-15(13)17)12-20-16(18)19-5-2-6-21-7-9-22-10-8-21/h3-4,11H,2,5-10,12H2,1H3,(H3,18,19,20). The number of nitrogens with two attached hydrogens (primary N) is 1. The number of hydrogen-bond donors (Lipinski definition) is 2. The molecule has 0 amide bonds. The van der Waals surface area contributed by atoms with Gasteiger partial charge in [0.05, 0.1) is 19.8 Å². The summed E-state index contributed by atoms with van der Waals surface area (Å²) < 4.78 is 18.7. The van der Waals surface area contributed by atoms with E-state index in [1.54, 1.807) is 13.0 Å². The normalized spacial score (nSPS) is 16.7. The fourth-order valence-corrected chi connectivity index (χ4v) is 2.31. The van der Waals surface area contributed by atoms with Gasteiger partial charge in [-0.2, -0.15) is 0 Å². The van der Waals surface area contributed by atoms with E-state index in [1.165, 1.54) is 6.07 Å². The Hall–Kier alpha value is -1.66. The number of guanidine groups is 1. The molecule has 0 bridgehead atoms. The number of aryl methyl sites for hydroxylation is 1. The Balaban J connectivity index is 1.65. The van der Waals surface area contributed by atoms with Crippen LogP contribution in [0.1, 0.15) is 17.5 Å². The lowest BCUT2D eigenvalue weighted by atomic mass is 10.1. The van der Waals surface area contributed by atoms with Crippen molar-refractivity contribution in [3.63, 3.8) is 0 Å². The summed E-state index contributed by atoms with van der Waals surface area (Å²) in [4.78, 5) is 6.62. The van der Waals surface area contributed by atoms with E-state index in [4.69, 9.17) is 10.5 Å². The first-order valence-corrected chi connectivity index (χ1v) is 7.74. The summed E-state index contributed by atoms with van der Waals surface area (Å²) in [6.45, 7) is 7.60. The number of rotatable bonds is 6. The van der Waals surface area contributed by atoms with Gasteiger partial charge in [0.15, 0.2) is 5.96 Å². The van der Waals surface area contributed by atoms with Crippen molar-refractivity contribution in [1.29, 1.82) is 0 Å². The number of ether oxygens (including phenoxy) is 1. The molecule has 6 heteroatoms. The zero-order chi connectivity index (χ0) is 15.8. The fraction of sp³-hybridized carbons (Fsp3) is 0.562.